The maximum absolute atomic E-state index is 12.2. The minimum atomic E-state index is -0.569. The normalized spacial score (nSPS) is 11.1. The Morgan fingerprint density at radius 2 is 2.08 bits per heavy atom. The van der Waals surface area contributed by atoms with Gasteiger partial charge in [-0.25, -0.2) is 10.2 Å². The lowest BCUT2D eigenvalue weighted by atomic mass is 10.1. The number of hydrogen-bond donors (Lipinski definition) is 2. The van der Waals surface area contributed by atoms with Crippen LogP contribution < -0.4 is 10.7 Å². The summed E-state index contributed by atoms with van der Waals surface area (Å²) in [6.07, 6.45) is -0.569. The maximum atomic E-state index is 12.2. The number of amides is 2. The van der Waals surface area contributed by atoms with E-state index >= 15 is 0 Å². The molecule has 2 aromatic rings. The van der Waals surface area contributed by atoms with Crippen LogP contribution in [0.2, 0.25) is 5.02 Å². The van der Waals surface area contributed by atoms with Crippen LogP contribution in [0.3, 0.4) is 0 Å². The summed E-state index contributed by atoms with van der Waals surface area (Å²) in [6.45, 7) is 5.48. The highest BCUT2D eigenvalue weighted by atomic mass is 35.5. The van der Waals surface area contributed by atoms with Gasteiger partial charge in [0.2, 0.25) is 0 Å². The van der Waals surface area contributed by atoms with E-state index in [1.54, 1.807) is 45.0 Å². The number of hydrogen-bond acceptors (Lipinski definition) is 6. The van der Waals surface area contributed by atoms with Gasteiger partial charge in [0.05, 0.1) is 34.2 Å². The summed E-state index contributed by atoms with van der Waals surface area (Å²) in [4.78, 5) is 23.8. The van der Waals surface area contributed by atoms with Crippen LogP contribution in [-0.4, -0.2) is 28.7 Å². The number of hydrazone groups is 1. The van der Waals surface area contributed by atoms with E-state index in [1.165, 1.54) is 0 Å². The molecule has 1 heterocycles. The van der Waals surface area contributed by atoms with Gasteiger partial charge in [-0.05, 0) is 44.4 Å². The molecule has 0 bridgehead atoms. The Bertz CT molecular complexity index is 819. The highest BCUT2D eigenvalue weighted by molar-refractivity contribution is 7.11. The van der Waals surface area contributed by atoms with E-state index in [-0.39, 0.29) is 6.61 Å². The van der Waals surface area contributed by atoms with E-state index in [0.29, 0.717) is 32.6 Å². The third-order valence-electron chi connectivity index (χ3n) is 3.16. The Labute approximate surface area is 154 Å². The summed E-state index contributed by atoms with van der Waals surface area (Å²) >= 11 is 7.11. The molecule has 1 aromatic carbocycles. The summed E-state index contributed by atoms with van der Waals surface area (Å²) in [5.41, 5.74) is 4.60. The van der Waals surface area contributed by atoms with E-state index in [1.807, 2.05) is 0 Å². The molecular formula is C16H17ClN4O3S. The molecule has 0 fully saturated rings. The number of nitrogens with zero attached hydrogens (tertiary/aromatic N) is 2. The molecule has 25 heavy (non-hydrogen) atoms. The molecule has 0 aliphatic rings. The third-order valence-corrected chi connectivity index (χ3v) is 4.34. The average Bonchev–Trinajstić information content (AvgIpc) is 2.93. The number of aromatic nitrogens is 1. The zero-order valence-corrected chi connectivity index (χ0v) is 15.5. The van der Waals surface area contributed by atoms with E-state index in [9.17, 15) is 9.59 Å². The number of aryl methyl sites for hydroxylation is 1. The summed E-state index contributed by atoms with van der Waals surface area (Å²) < 4.78 is 9.07. The first-order chi connectivity index (χ1) is 11.9. The molecule has 2 N–H and O–H groups in total. The van der Waals surface area contributed by atoms with Crippen molar-refractivity contribution in [1.82, 2.24) is 9.80 Å². The van der Waals surface area contributed by atoms with E-state index < -0.39 is 12.0 Å². The number of ether oxygens (including phenoxy) is 1. The fraction of sp³-hybridized carbons (Fsp3) is 0.250. The largest absolute Gasteiger partial charge is 0.450 e. The Morgan fingerprint density at radius 3 is 2.76 bits per heavy atom. The van der Waals surface area contributed by atoms with Gasteiger partial charge in [0.15, 0.2) is 0 Å². The number of rotatable bonds is 5. The number of carbonyl (C=O) groups excluding carboxylic acids is 2. The van der Waals surface area contributed by atoms with Crippen LogP contribution in [0.4, 0.5) is 9.80 Å². The molecular weight excluding hydrogens is 364 g/mol. The van der Waals surface area contributed by atoms with Crippen molar-refractivity contribution in [3.63, 3.8) is 0 Å². The minimum Gasteiger partial charge on any atom is -0.450 e. The summed E-state index contributed by atoms with van der Waals surface area (Å²) in [6, 6.07) is 6.68. The monoisotopic (exact) mass is 380 g/mol. The molecule has 0 atom stereocenters. The van der Waals surface area contributed by atoms with E-state index in [0.717, 1.165) is 11.5 Å². The van der Waals surface area contributed by atoms with Gasteiger partial charge in [-0.3, -0.25) is 10.1 Å². The fourth-order valence-corrected chi connectivity index (χ4v) is 3.09. The molecule has 0 aliphatic carbocycles. The second-order valence-electron chi connectivity index (χ2n) is 4.94. The van der Waals surface area contributed by atoms with Crippen molar-refractivity contribution >= 4 is 45.8 Å². The Morgan fingerprint density at radius 1 is 1.36 bits per heavy atom. The van der Waals surface area contributed by atoms with Gasteiger partial charge < -0.3 is 4.74 Å². The highest BCUT2D eigenvalue weighted by Crippen LogP contribution is 2.25. The van der Waals surface area contributed by atoms with E-state index in [2.05, 4.69) is 20.2 Å². The van der Waals surface area contributed by atoms with Gasteiger partial charge in [-0.2, -0.15) is 9.47 Å². The van der Waals surface area contributed by atoms with Gasteiger partial charge in [0, 0.05) is 0 Å². The van der Waals surface area contributed by atoms with Crippen LogP contribution in [0.1, 0.15) is 35.5 Å². The average molecular weight is 381 g/mol. The molecule has 2 amide bonds. The predicted octanol–water partition coefficient (Wildman–Crippen LogP) is 3.83. The predicted molar refractivity (Wildman–Crippen MR) is 98.6 cm³/mol. The van der Waals surface area contributed by atoms with Crippen LogP contribution >= 0.6 is 23.1 Å². The van der Waals surface area contributed by atoms with Crippen LogP contribution in [0, 0.1) is 6.92 Å². The van der Waals surface area contributed by atoms with Crippen molar-refractivity contribution in [3.8, 4) is 0 Å². The summed E-state index contributed by atoms with van der Waals surface area (Å²) in [7, 11) is 0. The number of carbonyl (C=O) groups is 2. The van der Waals surface area contributed by atoms with Crippen molar-refractivity contribution in [2.75, 3.05) is 11.9 Å². The molecule has 2 rings (SSSR count). The smallest absolute Gasteiger partial charge is 0.412 e. The Kier molecular flexibility index (Phi) is 6.49. The molecule has 0 spiro atoms. The number of halogens is 1. The second-order valence-corrected chi connectivity index (χ2v) is 6.12. The Balaban J connectivity index is 2.17. The molecule has 0 radical (unpaired) electrons. The Hall–Kier alpha value is -2.45. The van der Waals surface area contributed by atoms with E-state index in [4.69, 9.17) is 16.3 Å². The van der Waals surface area contributed by atoms with Crippen LogP contribution in [-0.2, 0) is 4.74 Å². The first-order valence-corrected chi connectivity index (χ1v) is 8.58. The van der Waals surface area contributed by atoms with Crippen LogP contribution in [0.25, 0.3) is 0 Å². The molecule has 0 unspecified atom stereocenters. The first kappa shape index (κ1) is 18.9. The highest BCUT2D eigenvalue weighted by Gasteiger charge is 2.17. The standard InChI is InChI=1S/C16H17ClN4O3S/c1-4-24-16(23)18-15-13(10(3)21-25-15)9(2)19-20-14(22)11-7-5-6-8-12(11)17/h5-8H,4H2,1-3H3,(H,18,23)(H,20,22)/b19-9+. The second kappa shape index (κ2) is 8.59. The molecule has 9 heteroatoms. The minimum absolute atomic E-state index is 0.264. The van der Waals surface area contributed by atoms with Gasteiger partial charge in [-0.1, -0.05) is 23.7 Å². The lowest BCUT2D eigenvalue weighted by Gasteiger charge is -2.07. The first-order valence-electron chi connectivity index (χ1n) is 7.43. The third kappa shape index (κ3) is 4.77. The van der Waals surface area contributed by atoms with Gasteiger partial charge in [0.1, 0.15) is 5.00 Å². The number of nitrogens with one attached hydrogen (secondary N) is 2. The van der Waals surface area contributed by atoms with Crippen molar-refractivity contribution in [2.24, 2.45) is 5.10 Å². The SMILES string of the molecule is CCOC(=O)Nc1snc(C)c1/C(C)=N/NC(=O)c1ccccc1Cl. The quantitative estimate of drug-likeness (QED) is 0.609. The van der Waals surface area contributed by atoms with Crippen molar-refractivity contribution in [3.05, 3.63) is 46.1 Å². The molecule has 7 nitrogen and oxygen atoms in total. The van der Waals surface area contributed by atoms with Gasteiger partial charge in [-0.15, -0.1) is 0 Å². The van der Waals surface area contributed by atoms with Crippen molar-refractivity contribution in [1.29, 1.82) is 0 Å². The van der Waals surface area contributed by atoms with Gasteiger partial charge in [0.25, 0.3) is 5.91 Å². The van der Waals surface area contributed by atoms with Crippen molar-refractivity contribution in [2.45, 2.75) is 20.8 Å². The molecule has 1 aromatic heterocycles. The van der Waals surface area contributed by atoms with Crippen LogP contribution in [0.5, 0.6) is 0 Å². The van der Waals surface area contributed by atoms with Gasteiger partial charge >= 0.3 is 6.09 Å². The summed E-state index contributed by atoms with van der Waals surface area (Å²) in [5.74, 6) is -0.425. The molecule has 0 saturated heterocycles. The lowest BCUT2D eigenvalue weighted by molar-refractivity contribution is 0.0955. The lowest BCUT2D eigenvalue weighted by Crippen LogP contribution is -2.20. The molecule has 0 saturated carbocycles. The topological polar surface area (TPSA) is 92.7 Å². The van der Waals surface area contributed by atoms with Crippen molar-refractivity contribution < 1.29 is 14.3 Å². The summed E-state index contributed by atoms with van der Waals surface area (Å²) in [5, 5.41) is 7.56. The fourth-order valence-electron chi connectivity index (χ4n) is 2.04. The van der Waals surface area contributed by atoms with Crippen LogP contribution in [0.15, 0.2) is 29.4 Å². The number of benzene rings is 1. The number of anilines is 1. The molecule has 0 aliphatic heterocycles. The maximum Gasteiger partial charge on any atom is 0.412 e. The zero-order chi connectivity index (χ0) is 18.4. The molecule has 132 valence electrons. The zero-order valence-electron chi connectivity index (χ0n) is 13.9.